The Morgan fingerprint density at radius 1 is 0.425 bits per heavy atom. The predicted molar refractivity (Wildman–Crippen MR) is 515 cm³/mol. The number of nitrogens with one attached hydrogen (secondary N) is 10. The summed E-state index contributed by atoms with van der Waals surface area (Å²) in [5.41, 5.74) is 14.5. The molecule has 0 radical (unpaired) electrons. The van der Waals surface area contributed by atoms with Crippen molar-refractivity contribution < 1.29 is 95.7 Å². The van der Waals surface area contributed by atoms with E-state index < -0.39 is 85.4 Å². The number of hydrogen-bond donors (Lipinski definition) is 15. The summed E-state index contributed by atoms with van der Waals surface area (Å²) in [6.45, 7) is 9.33. The van der Waals surface area contributed by atoms with Gasteiger partial charge in [0.1, 0.15) is 57.0 Å². The lowest BCUT2D eigenvalue weighted by Crippen LogP contribution is -2.48. The lowest BCUT2D eigenvalue weighted by atomic mass is 9.66. The fourth-order valence-corrected chi connectivity index (χ4v) is 26.8. The molecule has 11 aliphatic rings. The minimum absolute atomic E-state index is 0.0433. The normalized spacial score (nSPS) is 23.2. The molecule has 0 aromatic carbocycles. The molecule has 0 bridgehead atoms. The third-order valence-electron chi connectivity index (χ3n) is 26.0. The molecule has 17 heterocycles. The third-order valence-corrected chi connectivity index (χ3v) is 34.1. The summed E-state index contributed by atoms with van der Waals surface area (Å²) in [4.78, 5) is 41.9. The molecule has 134 heavy (non-hydrogen) atoms. The van der Waals surface area contributed by atoms with Crippen molar-refractivity contribution in [3.63, 3.8) is 0 Å². The molecule has 15 N–H and O–H groups in total. The molecule has 6 fully saturated rings. The minimum Gasteiger partial charge on any atom is -0.531 e. The number of aryl methyl sites for hydroxylation is 1. The molecule has 5 aliphatic carbocycles. The summed E-state index contributed by atoms with van der Waals surface area (Å²) >= 11 is 0. The molecule has 37 nitrogen and oxygen atoms in total. The maximum absolute atomic E-state index is 13.0. The summed E-state index contributed by atoms with van der Waals surface area (Å²) in [6, 6.07) is 13.2. The number of aromatic nitrogens is 11. The fraction of sp³-hybridized carbons (Fsp3) is 0.414. The standard InChI is InChI=1S/C20H21BN4O3S.C17H20BN3O5S.2C17H22BN3O4S.C16H20BN3O5S/c1-12-3-4-15(10-23-12)29(2,27)25-14-7-13(8-14)17-9-21(26)28-18-11-24-20-16(19(17)18)5-6-22-20;22-18-5-14(16-13-1-2-19-17(13)20-6-15(16)26-18)11-3-12(4-11)21-27(23,24)9-10-7-25-8-10;1-10(2)9-26(23,24)21-12-5-11(6-12)14-7-18(22)25-15-8-20-17-13(16(14)15)3-4-19-17;1-2-4-21-26(23,24)10-11-6-12(7-11)14-8-18(22)25-15-9-20-17-13(16(14)15)3-5-19-17;1-24-4-5-26(22,23)20-11-6-10(7-11)13-8-17(21)25-14-9-19-16-12(15(13)14)2-3-18-16/h3-6,9-11,13-14,26H,2,7-8H2,1H3,(H,22,24)(H,25,27);1-2,5-6,10-12,21-22H,3-4,7-9H2,(H,19,20);3-4,7-8,10-12,21-22H,5-6,9H2,1-2H3,(H,19,20);3,5,8-9,11-12,21-22H,2,4,6-7,10H2,1H3,(H,19,20);2-3,8-11,20-21H,4-7H2,1H3,(H,18,19). The van der Waals surface area contributed by atoms with E-state index in [1.807, 2.05) is 101 Å². The summed E-state index contributed by atoms with van der Waals surface area (Å²) in [5, 5.41) is 55.0. The quantitative estimate of drug-likeness (QED) is 0.0192. The second kappa shape index (κ2) is 38.9. The Labute approximate surface area is 777 Å². The highest BCUT2D eigenvalue weighted by atomic mass is 32.2. The molecule has 0 amide bonds. The molecule has 11 aromatic heterocycles. The van der Waals surface area contributed by atoms with Gasteiger partial charge in [0, 0.05) is 141 Å². The Balaban J connectivity index is 0.000000112. The van der Waals surface area contributed by atoms with Crippen LogP contribution in [-0.4, -0.2) is 240 Å². The molecular weight excluding hydrogens is 1820 g/mol. The van der Waals surface area contributed by atoms with Crippen LogP contribution in [0.15, 0.2) is 145 Å². The van der Waals surface area contributed by atoms with Gasteiger partial charge in [-0.1, -0.05) is 20.8 Å². The van der Waals surface area contributed by atoms with Gasteiger partial charge in [-0.2, -0.15) is 0 Å². The van der Waals surface area contributed by atoms with E-state index in [4.69, 9.17) is 32.7 Å². The smallest absolute Gasteiger partial charge is 0.531 e. The van der Waals surface area contributed by atoms with Gasteiger partial charge in [0.2, 0.25) is 40.1 Å². The van der Waals surface area contributed by atoms with E-state index in [0.29, 0.717) is 91.9 Å². The second-order valence-electron chi connectivity index (χ2n) is 36.5. The molecule has 1 atom stereocenters. The number of methoxy groups -OCH3 is 1. The number of rotatable bonds is 26. The van der Waals surface area contributed by atoms with E-state index in [1.54, 1.807) is 67.1 Å². The first kappa shape index (κ1) is 94.3. The SMILES string of the molecule is C=S(=O)(NC1CC(C2=CB(O)Oc3cnc4[nH]ccc4c32)C1)c1ccc(C)nc1.CC(C)CS(=O)(=O)NC1CC(C2=CB(O)Oc3cnc4[nH]ccc4c32)C1.CCCNS(=O)(=O)CC1CC(C2=CB(O)Oc3cnc4[nH]ccc4c32)C1.COCCS(=O)(=O)NC1CC(C2=CB(O)Oc3cnc4[nH]ccc4c32)C1.O=S(=O)(CC1COC1)NC1CC(C2=CB(O)Oc3cnc4[nH]ccc4c32)C1. The van der Waals surface area contributed by atoms with Crippen molar-refractivity contribution in [1.82, 2.24) is 78.4 Å². The zero-order valence-electron chi connectivity index (χ0n) is 74.2. The van der Waals surface area contributed by atoms with Crippen LogP contribution in [0.1, 0.15) is 125 Å². The highest BCUT2D eigenvalue weighted by Crippen LogP contribution is 2.53. The van der Waals surface area contributed by atoms with Crippen molar-refractivity contribution >= 4 is 174 Å². The minimum atomic E-state index is -3.34. The first-order valence-corrected chi connectivity index (χ1v) is 53.2. The maximum atomic E-state index is 13.0. The lowest BCUT2D eigenvalue weighted by Gasteiger charge is -2.39. The van der Waals surface area contributed by atoms with Gasteiger partial charge < -0.3 is 82.8 Å². The molecule has 22 rings (SSSR count). The maximum Gasteiger partial charge on any atom is 0.552 e. The van der Waals surface area contributed by atoms with Crippen LogP contribution < -0.4 is 46.9 Å². The Kier molecular flexibility index (Phi) is 27.4. The van der Waals surface area contributed by atoms with E-state index in [0.717, 1.165) is 149 Å². The van der Waals surface area contributed by atoms with Crippen molar-refractivity contribution in [2.45, 2.75) is 127 Å². The molecule has 11 aromatic rings. The van der Waals surface area contributed by atoms with Crippen molar-refractivity contribution in [2.75, 3.05) is 56.5 Å². The first-order valence-electron chi connectivity index (χ1n) is 44.9. The molecule has 47 heteroatoms. The number of H-pyrrole nitrogens is 5. The summed E-state index contributed by atoms with van der Waals surface area (Å²) in [5.74, 6) is 17.1. The Bertz CT molecular complexity index is 6850. The van der Waals surface area contributed by atoms with Crippen molar-refractivity contribution in [2.24, 2.45) is 47.3 Å². The monoisotopic (exact) mass is 1920 g/mol. The number of aromatic amines is 5. The van der Waals surface area contributed by atoms with E-state index in [1.165, 1.54) is 7.11 Å². The van der Waals surface area contributed by atoms with E-state index in [-0.39, 0.29) is 101 Å². The van der Waals surface area contributed by atoms with Crippen molar-refractivity contribution in [1.29, 1.82) is 0 Å². The zero-order chi connectivity index (χ0) is 93.9. The van der Waals surface area contributed by atoms with Crippen LogP contribution in [-0.2, 0) is 59.3 Å². The number of nitrogens with zero attached hydrogens (tertiary/aromatic N) is 6. The molecule has 1 unspecified atom stereocenters. The first-order chi connectivity index (χ1) is 64.1. The zero-order valence-corrected chi connectivity index (χ0v) is 78.3. The highest BCUT2D eigenvalue weighted by molar-refractivity contribution is 7.98. The topological polar surface area (TPSA) is 536 Å². The van der Waals surface area contributed by atoms with E-state index in [2.05, 4.69) is 84.3 Å². The van der Waals surface area contributed by atoms with Gasteiger partial charge in [-0.15, -0.1) is 0 Å². The molecular formula is C87H105B5N16O21S5. The van der Waals surface area contributed by atoms with Crippen LogP contribution in [0.25, 0.3) is 83.0 Å². The van der Waals surface area contributed by atoms with Gasteiger partial charge in [-0.3, -0.25) is 4.98 Å². The number of fused-ring (bicyclic) bond motifs is 15. The Hall–Kier alpha value is -10.0. The average Bonchev–Trinajstić information content (AvgIpc) is 1.41. The Morgan fingerprint density at radius 3 is 1.05 bits per heavy atom. The predicted octanol–water partition coefficient (Wildman–Crippen LogP) is 6.95. The summed E-state index contributed by atoms with van der Waals surface area (Å²) in [6.07, 6.45) is 27.0. The number of allylic oxidation sites excluding steroid dienone is 5. The molecule has 6 aliphatic heterocycles. The number of hydrogen-bond acceptors (Lipinski definition) is 27. The third kappa shape index (κ3) is 20.9. The Morgan fingerprint density at radius 2 is 0.746 bits per heavy atom. The van der Waals surface area contributed by atoms with Gasteiger partial charge in [-0.05, 0) is 225 Å². The average molecular weight is 1930 g/mol. The molecule has 1 saturated heterocycles. The van der Waals surface area contributed by atoms with E-state index >= 15 is 0 Å². The van der Waals surface area contributed by atoms with Crippen LogP contribution in [0.5, 0.6) is 28.7 Å². The summed E-state index contributed by atoms with van der Waals surface area (Å²) in [7, 11) is -19.2. The second-order valence-corrected chi connectivity index (χ2v) is 45.8. The van der Waals surface area contributed by atoms with Crippen LogP contribution in [0.2, 0.25) is 0 Å². The van der Waals surface area contributed by atoms with E-state index in [9.17, 15) is 63.0 Å². The number of pyridine rings is 6. The van der Waals surface area contributed by atoms with Gasteiger partial charge >= 0.3 is 35.6 Å². The van der Waals surface area contributed by atoms with Gasteiger partial charge in [0.25, 0.3) is 0 Å². The highest BCUT2D eigenvalue weighted by Gasteiger charge is 2.46. The van der Waals surface area contributed by atoms with Gasteiger partial charge in [0.05, 0.1) is 88.4 Å². The molecule has 5 saturated carbocycles. The van der Waals surface area contributed by atoms with Crippen molar-refractivity contribution in [3.05, 3.63) is 174 Å². The fourth-order valence-electron chi connectivity index (χ4n) is 19.4. The van der Waals surface area contributed by atoms with Crippen LogP contribution >= 0.6 is 0 Å². The molecule has 704 valence electrons. The number of sulfonamides is 4. The van der Waals surface area contributed by atoms with Crippen LogP contribution in [0, 0.1) is 54.3 Å². The van der Waals surface area contributed by atoms with Crippen LogP contribution in [0.4, 0.5) is 0 Å². The van der Waals surface area contributed by atoms with Gasteiger partial charge in [-0.25, -0.2) is 86.4 Å². The summed E-state index contributed by atoms with van der Waals surface area (Å²) < 4.78 is 161. The lowest BCUT2D eigenvalue weighted by molar-refractivity contribution is -0.0205. The van der Waals surface area contributed by atoms with Crippen LogP contribution in [0.3, 0.4) is 0 Å². The molecule has 0 spiro atoms. The number of ether oxygens (including phenoxy) is 2. The largest absolute Gasteiger partial charge is 0.552 e. The van der Waals surface area contributed by atoms with Gasteiger partial charge in [0.15, 0.2) is 0 Å². The van der Waals surface area contributed by atoms with Crippen molar-refractivity contribution in [3.8, 4) is 28.7 Å².